The predicted octanol–water partition coefficient (Wildman–Crippen LogP) is 4.95. The van der Waals surface area contributed by atoms with Crippen LogP contribution in [0.2, 0.25) is 0 Å². The van der Waals surface area contributed by atoms with Crippen LogP contribution in [0, 0.1) is 35.0 Å². The van der Waals surface area contributed by atoms with Crippen molar-refractivity contribution in [3.8, 4) is 0 Å². The quantitative estimate of drug-likeness (QED) is 0.626. The summed E-state index contributed by atoms with van der Waals surface area (Å²) in [6.45, 7) is 4.83. The third-order valence-electron chi connectivity index (χ3n) is 7.80. The molecule has 5 atom stereocenters. The molecular formula is C20H32O. The van der Waals surface area contributed by atoms with Gasteiger partial charge in [0.1, 0.15) is 0 Å². The highest BCUT2D eigenvalue weighted by molar-refractivity contribution is 5.20. The lowest BCUT2D eigenvalue weighted by molar-refractivity contribution is -0.00104. The predicted molar refractivity (Wildman–Crippen MR) is 86.9 cm³/mol. The lowest BCUT2D eigenvalue weighted by atomic mass is 9.58. The standard InChI is InChI=1S/C20H32O/c1-13-3-5-16-17-6-4-14(2)12-19(17)20(18(16)11-13)9-7-15(21)8-10-20/h11,14-19,21H,3-10,12H2,1-2H3. The number of fused-ring (bicyclic) bond motifs is 5. The van der Waals surface area contributed by atoms with Gasteiger partial charge < -0.3 is 5.11 Å². The first-order valence-corrected chi connectivity index (χ1v) is 9.45. The van der Waals surface area contributed by atoms with Gasteiger partial charge in [0.25, 0.3) is 0 Å². The molecule has 1 heteroatoms. The third kappa shape index (κ3) is 2.14. The molecule has 0 aliphatic heterocycles. The fourth-order valence-corrected chi connectivity index (χ4v) is 6.83. The van der Waals surface area contributed by atoms with Crippen molar-refractivity contribution in [1.82, 2.24) is 0 Å². The van der Waals surface area contributed by atoms with E-state index < -0.39 is 0 Å². The highest BCUT2D eigenvalue weighted by Crippen LogP contribution is 2.67. The summed E-state index contributed by atoms with van der Waals surface area (Å²) in [6, 6.07) is 0. The zero-order valence-corrected chi connectivity index (χ0v) is 13.9. The van der Waals surface area contributed by atoms with Crippen LogP contribution in [0.25, 0.3) is 0 Å². The SMILES string of the molecule is CC1=CC2C(CC1)C1CCC(C)CC1C21CCC(O)CC1. The van der Waals surface area contributed by atoms with Crippen LogP contribution in [0.4, 0.5) is 0 Å². The summed E-state index contributed by atoms with van der Waals surface area (Å²) < 4.78 is 0. The van der Waals surface area contributed by atoms with Crippen LogP contribution in [0.3, 0.4) is 0 Å². The van der Waals surface area contributed by atoms with Crippen molar-refractivity contribution in [2.75, 3.05) is 0 Å². The Morgan fingerprint density at radius 3 is 2.57 bits per heavy atom. The van der Waals surface area contributed by atoms with E-state index in [2.05, 4.69) is 19.9 Å². The van der Waals surface area contributed by atoms with Crippen LogP contribution < -0.4 is 0 Å². The van der Waals surface area contributed by atoms with Gasteiger partial charge in [0.15, 0.2) is 0 Å². The number of aliphatic hydroxyl groups is 1. The van der Waals surface area contributed by atoms with Gasteiger partial charge in [-0.15, -0.1) is 0 Å². The Kier molecular flexibility index (Phi) is 3.48. The Bertz CT molecular complexity index is 429. The average molecular weight is 288 g/mol. The molecule has 0 radical (unpaired) electrons. The second-order valence-electron chi connectivity index (χ2n) is 8.89. The summed E-state index contributed by atoms with van der Waals surface area (Å²) in [5, 5.41) is 10.0. The zero-order chi connectivity index (χ0) is 14.6. The van der Waals surface area contributed by atoms with E-state index in [1.54, 1.807) is 5.57 Å². The van der Waals surface area contributed by atoms with Crippen molar-refractivity contribution in [3.05, 3.63) is 11.6 Å². The van der Waals surface area contributed by atoms with Crippen LogP contribution in [0.5, 0.6) is 0 Å². The largest absolute Gasteiger partial charge is 0.393 e. The van der Waals surface area contributed by atoms with E-state index >= 15 is 0 Å². The minimum atomic E-state index is -0.0113. The molecule has 0 heterocycles. The van der Waals surface area contributed by atoms with Crippen molar-refractivity contribution in [1.29, 1.82) is 0 Å². The van der Waals surface area contributed by atoms with Crippen LogP contribution in [0.1, 0.15) is 71.6 Å². The van der Waals surface area contributed by atoms with Gasteiger partial charge in [0, 0.05) is 0 Å². The molecule has 4 rings (SSSR count). The molecule has 0 aromatic rings. The van der Waals surface area contributed by atoms with E-state index in [1.807, 2.05) is 0 Å². The van der Waals surface area contributed by atoms with E-state index in [1.165, 1.54) is 44.9 Å². The fraction of sp³-hybridized carbons (Fsp3) is 0.900. The average Bonchev–Trinajstić information content (AvgIpc) is 2.72. The highest BCUT2D eigenvalue weighted by atomic mass is 16.3. The second-order valence-corrected chi connectivity index (χ2v) is 8.89. The summed E-state index contributed by atoms with van der Waals surface area (Å²) in [7, 11) is 0. The third-order valence-corrected chi connectivity index (χ3v) is 7.80. The van der Waals surface area contributed by atoms with E-state index in [4.69, 9.17) is 0 Å². The topological polar surface area (TPSA) is 20.2 Å². The Morgan fingerprint density at radius 2 is 1.81 bits per heavy atom. The molecule has 0 amide bonds. The molecule has 3 fully saturated rings. The first-order chi connectivity index (χ1) is 10.1. The number of hydrogen-bond donors (Lipinski definition) is 1. The van der Waals surface area contributed by atoms with Crippen LogP contribution in [-0.2, 0) is 0 Å². The van der Waals surface area contributed by atoms with Gasteiger partial charge in [-0.05, 0) is 93.3 Å². The number of hydrogen-bond acceptors (Lipinski definition) is 1. The van der Waals surface area contributed by atoms with Crippen molar-refractivity contribution in [3.63, 3.8) is 0 Å². The van der Waals surface area contributed by atoms with Gasteiger partial charge in [-0.25, -0.2) is 0 Å². The minimum absolute atomic E-state index is 0.0113. The van der Waals surface area contributed by atoms with Gasteiger partial charge in [0.05, 0.1) is 6.10 Å². The molecule has 0 aromatic heterocycles. The molecule has 3 saturated carbocycles. The Balaban J connectivity index is 1.72. The molecule has 1 nitrogen and oxygen atoms in total. The fourth-order valence-electron chi connectivity index (χ4n) is 6.83. The Hall–Kier alpha value is -0.300. The molecular weight excluding hydrogens is 256 g/mol. The molecule has 0 bridgehead atoms. The summed E-state index contributed by atoms with van der Waals surface area (Å²) in [5.74, 6) is 4.72. The van der Waals surface area contributed by atoms with Crippen molar-refractivity contribution < 1.29 is 5.11 Å². The maximum absolute atomic E-state index is 10.0. The van der Waals surface area contributed by atoms with Crippen LogP contribution in [-0.4, -0.2) is 11.2 Å². The van der Waals surface area contributed by atoms with Crippen molar-refractivity contribution >= 4 is 0 Å². The maximum atomic E-state index is 10.0. The van der Waals surface area contributed by atoms with E-state index in [0.717, 1.165) is 42.4 Å². The lowest BCUT2D eigenvalue weighted by Gasteiger charge is -2.47. The van der Waals surface area contributed by atoms with Gasteiger partial charge in [-0.3, -0.25) is 0 Å². The first kappa shape index (κ1) is 14.3. The van der Waals surface area contributed by atoms with Gasteiger partial charge in [-0.1, -0.05) is 25.0 Å². The van der Waals surface area contributed by atoms with Gasteiger partial charge >= 0.3 is 0 Å². The van der Waals surface area contributed by atoms with Crippen LogP contribution in [0.15, 0.2) is 11.6 Å². The van der Waals surface area contributed by atoms with E-state index in [9.17, 15) is 5.11 Å². The maximum Gasteiger partial charge on any atom is 0.0540 e. The van der Waals surface area contributed by atoms with Crippen LogP contribution >= 0.6 is 0 Å². The number of allylic oxidation sites excluding steroid dienone is 2. The summed E-state index contributed by atoms with van der Waals surface area (Å²) in [5.41, 5.74) is 2.21. The molecule has 118 valence electrons. The van der Waals surface area contributed by atoms with E-state index in [0.29, 0.717) is 5.41 Å². The molecule has 0 saturated heterocycles. The summed E-state index contributed by atoms with van der Waals surface area (Å²) in [6.07, 6.45) is 14.6. The smallest absolute Gasteiger partial charge is 0.0540 e. The van der Waals surface area contributed by atoms with Gasteiger partial charge in [0.2, 0.25) is 0 Å². The summed E-state index contributed by atoms with van der Waals surface area (Å²) >= 11 is 0. The molecule has 4 aliphatic carbocycles. The molecule has 0 aromatic carbocycles. The molecule has 1 spiro atoms. The molecule has 21 heavy (non-hydrogen) atoms. The normalized spacial score (nSPS) is 53.2. The monoisotopic (exact) mass is 288 g/mol. The molecule has 4 aliphatic rings. The van der Waals surface area contributed by atoms with Gasteiger partial charge in [-0.2, -0.15) is 0 Å². The minimum Gasteiger partial charge on any atom is -0.393 e. The van der Waals surface area contributed by atoms with Crippen molar-refractivity contribution in [2.45, 2.75) is 77.7 Å². The van der Waals surface area contributed by atoms with Crippen molar-refractivity contribution in [2.24, 2.45) is 35.0 Å². The van der Waals surface area contributed by atoms with E-state index in [-0.39, 0.29) is 6.10 Å². The second kappa shape index (κ2) is 5.11. The zero-order valence-electron chi connectivity index (χ0n) is 13.9. The summed E-state index contributed by atoms with van der Waals surface area (Å²) in [4.78, 5) is 0. The number of aliphatic hydroxyl groups excluding tert-OH is 1. The number of rotatable bonds is 0. The molecule has 5 unspecified atom stereocenters. The molecule has 1 N–H and O–H groups in total. The Morgan fingerprint density at radius 1 is 1.05 bits per heavy atom. The first-order valence-electron chi connectivity index (χ1n) is 9.45. The Labute approximate surface area is 130 Å². The lowest BCUT2D eigenvalue weighted by Crippen LogP contribution is -2.40. The highest BCUT2D eigenvalue weighted by Gasteiger charge is 2.60.